The zero-order valence-electron chi connectivity index (χ0n) is 11.0. The third-order valence-electron chi connectivity index (χ3n) is 2.92. The van der Waals surface area contributed by atoms with Crippen LogP contribution in [-0.4, -0.2) is 11.5 Å². The van der Waals surface area contributed by atoms with Crippen molar-refractivity contribution in [3.63, 3.8) is 0 Å². The number of nitrogens with one attached hydrogen (secondary N) is 1. The molecule has 0 aliphatic heterocycles. The molecule has 102 valence electrons. The molecule has 2 nitrogen and oxygen atoms in total. The van der Waals surface area contributed by atoms with E-state index in [9.17, 15) is 13.2 Å². The Morgan fingerprint density at radius 3 is 2.42 bits per heavy atom. The molecule has 0 fully saturated rings. The molecule has 0 radical (unpaired) electrons. The van der Waals surface area contributed by atoms with Gasteiger partial charge in [0.15, 0.2) is 17.5 Å². The van der Waals surface area contributed by atoms with Gasteiger partial charge in [0.2, 0.25) is 0 Å². The quantitative estimate of drug-likeness (QED) is 0.843. The molecule has 1 heterocycles. The van der Waals surface area contributed by atoms with E-state index in [4.69, 9.17) is 0 Å². The van der Waals surface area contributed by atoms with Gasteiger partial charge in [-0.2, -0.15) is 0 Å². The highest BCUT2D eigenvalue weighted by Gasteiger charge is 2.18. The Morgan fingerprint density at radius 2 is 1.84 bits per heavy atom. The van der Waals surface area contributed by atoms with Crippen LogP contribution in [0.1, 0.15) is 32.4 Å². The molecular weight excluding hydrogens is 253 g/mol. The summed E-state index contributed by atoms with van der Waals surface area (Å²) < 4.78 is 40.4. The minimum atomic E-state index is -1.48. The molecule has 2 rings (SSSR count). The number of anilines is 1. The number of fused-ring (bicyclic) bond motifs is 1. The molecule has 0 unspecified atom stereocenters. The molecule has 19 heavy (non-hydrogen) atoms. The number of rotatable bonds is 3. The summed E-state index contributed by atoms with van der Waals surface area (Å²) in [6.07, 6.45) is 0. The maximum absolute atomic E-state index is 13.8. The summed E-state index contributed by atoms with van der Waals surface area (Å²) in [7, 11) is 0. The largest absolute Gasteiger partial charge is 0.385 e. The fourth-order valence-corrected chi connectivity index (χ4v) is 1.92. The van der Waals surface area contributed by atoms with Crippen molar-refractivity contribution in [1.29, 1.82) is 0 Å². The molecule has 0 aliphatic rings. The average Bonchev–Trinajstić information content (AvgIpc) is 2.37. The van der Waals surface area contributed by atoms with E-state index in [-0.39, 0.29) is 16.8 Å². The third kappa shape index (κ3) is 2.37. The number of aromatic nitrogens is 1. The van der Waals surface area contributed by atoms with Gasteiger partial charge in [-0.05, 0) is 25.0 Å². The van der Waals surface area contributed by atoms with Crippen molar-refractivity contribution in [3.8, 4) is 0 Å². The number of hydrogen-bond donors (Lipinski definition) is 1. The second kappa shape index (κ2) is 5.07. The van der Waals surface area contributed by atoms with Crippen LogP contribution in [0.2, 0.25) is 0 Å². The summed E-state index contributed by atoms with van der Waals surface area (Å²) >= 11 is 0. The molecular formula is C14H15F3N2. The van der Waals surface area contributed by atoms with Crippen molar-refractivity contribution in [2.24, 2.45) is 0 Å². The molecule has 0 saturated heterocycles. The smallest absolute Gasteiger partial charge is 0.196 e. The summed E-state index contributed by atoms with van der Waals surface area (Å²) in [4.78, 5) is 4.10. The number of hydrogen-bond acceptors (Lipinski definition) is 2. The normalized spacial score (nSPS) is 11.3. The fraction of sp³-hybridized carbons (Fsp3) is 0.357. The highest BCUT2D eigenvalue weighted by Crippen LogP contribution is 2.30. The van der Waals surface area contributed by atoms with E-state index in [1.54, 1.807) is 6.07 Å². The van der Waals surface area contributed by atoms with Gasteiger partial charge in [0, 0.05) is 23.3 Å². The van der Waals surface area contributed by atoms with Crippen LogP contribution in [0, 0.1) is 17.5 Å². The van der Waals surface area contributed by atoms with Crippen molar-refractivity contribution in [2.75, 3.05) is 11.9 Å². The summed E-state index contributed by atoms with van der Waals surface area (Å²) in [5.74, 6) is -3.86. The van der Waals surface area contributed by atoms with Crippen LogP contribution in [0.5, 0.6) is 0 Å². The summed E-state index contributed by atoms with van der Waals surface area (Å²) in [6.45, 7) is 6.28. The molecule has 0 saturated carbocycles. The first kappa shape index (κ1) is 13.6. The number of benzene rings is 1. The van der Waals surface area contributed by atoms with Crippen molar-refractivity contribution >= 4 is 16.6 Å². The van der Waals surface area contributed by atoms with Crippen molar-refractivity contribution in [3.05, 3.63) is 35.3 Å². The van der Waals surface area contributed by atoms with Gasteiger partial charge in [-0.3, -0.25) is 0 Å². The first-order valence-corrected chi connectivity index (χ1v) is 6.17. The molecule has 0 amide bonds. The standard InChI is InChI=1S/C14H15F3N2/c1-4-18-11-6-10(7(2)3)19-14-8(11)5-9(15)12(16)13(14)17/h5-7H,4H2,1-3H3,(H,18,19). The molecule has 1 aromatic carbocycles. The van der Waals surface area contributed by atoms with Gasteiger partial charge in [0.05, 0.1) is 0 Å². The van der Waals surface area contributed by atoms with Gasteiger partial charge in [-0.25, -0.2) is 18.2 Å². The minimum Gasteiger partial charge on any atom is -0.385 e. The third-order valence-corrected chi connectivity index (χ3v) is 2.92. The van der Waals surface area contributed by atoms with Gasteiger partial charge in [0.1, 0.15) is 5.52 Å². The number of pyridine rings is 1. The lowest BCUT2D eigenvalue weighted by molar-refractivity contribution is 0.452. The van der Waals surface area contributed by atoms with Crippen molar-refractivity contribution in [2.45, 2.75) is 26.7 Å². The second-order valence-corrected chi connectivity index (χ2v) is 4.66. The highest BCUT2D eigenvalue weighted by atomic mass is 19.2. The SMILES string of the molecule is CCNc1cc(C(C)C)nc2c(F)c(F)c(F)cc12. The first-order chi connectivity index (χ1) is 8.95. The number of halogens is 3. The lowest BCUT2D eigenvalue weighted by Gasteiger charge is -2.13. The predicted molar refractivity (Wildman–Crippen MR) is 69.9 cm³/mol. The van der Waals surface area contributed by atoms with Gasteiger partial charge in [-0.15, -0.1) is 0 Å². The Morgan fingerprint density at radius 1 is 1.16 bits per heavy atom. The summed E-state index contributed by atoms with van der Waals surface area (Å²) in [6, 6.07) is 2.72. The van der Waals surface area contributed by atoms with E-state index in [2.05, 4.69) is 10.3 Å². The lowest BCUT2D eigenvalue weighted by Crippen LogP contribution is -2.04. The molecule has 5 heteroatoms. The van der Waals surface area contributed by atoms with E-state index >= 15 is 0 Å². The zero-order chi connectivity index (χ0) is 14.2. The molecule has 0 spiro atoms. The lowest BCUT2D eigenvalue weighted by atomic mass is 10.1. The van der Waals surface area contributed by atoms with Gasteiger partial charge in [-0.1, -0.05) is 13.8 Å². The Hall–Kier alpha value is -1.78. The molecule has 0 bridgehead atoms. The minimum absolute atomic E-state index is 0.0642. The van der Waals surface area contributed by atoms with Crippen LogP contribution in [0.25, 0.3) is 10.9 Å². The van der Waals surface area contributed by atoms with E-state index in [0.29, 0.717) is 17.9 Å². The average molecular weight is 268 g/mol. The molecule has 0 aliphatic carbocycles. The van der Waals surface area contributed by atoms with Crippen LogP contribution in [-0.2, 0) is 0 Å². The van der Waals surface area contributed by atoms with E-state index in [0.717, 1.165) is 6.07 Å². The Labute approximate surface area is 109 Å². The topological polar surface area (TPSA) is 24.9 Å². The van der Waals surface area contributed by atoms with Crippen molar-refractivity contribution in [1.82, 2.24) is 4.98 Å². The molecule has 2 aromatic rings. The molecule has 0 atom stereocenters. The second-order valence-electron chi connectivity index (χ2n) is 4.66. The van der Waals surface area contributed by atoms with Crippen LogP contribution >= 0.6 is 0 Å². The maximum atomic E-state index is 13.8. The zero-order valence-corrected chi connectivity index (χ0v) is 11.0. The van der Waals surface area contributed by atoms with Crippen LogP contribution < -0.4 is 5.32 Å². The van der Waals surface area contributed by atoms with Crippen LogP contribution in [0.4, 0.5) is 18.9 Å². The van der Waals surface area contributed by atoms with E-state index < -0.39 is 17.5 Å². The van der Waals surface area contributed by atoms with Crippen LogP contribution in [0.15, 0.2) is 12.1 Å². The Balaban J connectivity index is 2.83. The summed E-state index contributed by atoms with van der Waals surface area (Å²) in [5.41, 5.74) is 1.06. The fourth-order valence-electron chi connectivity index (χ4n) is 1.92. The first-order valence-electron chi connectivity index (χ1n) is 6.17. The van der Waals surface area contributed by atoms with Gasteiger partial charge in [0.25, 0.3) is 0 Å². The number of nitrogens with zero attached hydrogens (tertiary/aromatic N) is 1. The van der Waals surface area contributed by atoms with Crippen LogP contribution in [0.3, 0.4) is 0 Å². The monoisotopic (exact) mass is 268 g/mol. The van der Waals surface area contributed by atoms with Gasteiger partial charge >= 0.3 is 0 Å². The highest BCUT2D eigenvalue weighted by molar-refractivity contribution is 5.92. The molecule has 1 aromatic heterocycles. The maximum Gasteiger partial charge on any atom is 0.196 e. The van der Waals surface area contributed by atoms with Crippen molar-refractivity contribution < 1.29 is 13.2 Å². The molecule has 1 N–H and O–H groups in total. The predicted octanol–water partition coefficient (Wildman–Crippen LogP) is 4.21. The Kier molecular flexibility index (Phi) is 3.64. The Bertz CT molecular complexity index is 624. The van der Waals surface area contributed by atoms with E-state index in [1.807, 2.05) is 20.8 Å². The summed E-state index contributed by atoms with van der Waals surface area (Å²) in [5, 5.41) is 3.28. The van der Waals surface area contributed by atoms with E-state index in [1.165, 1.54) is 0 Å². The van der Waals surface area contributed by atoms with Gasteiger partial charge < -0.3 is 5.32 Å².